The van der Waals surface area contributed by atoms with Gasteiger partial charge >= 0.3 is 0 Å². The van der Waals surface area contributed by atoms with Crippen LogP contribution in [0.2, 0.25) is 0 Å². The summed E-state index contributed by atoms with van der Waals surface area (Å²) in [6, 6.07) is 9.98. The SMILES string of the molecule is CC1CN(C(=O)C(N)Cc2ccccc2)CC1N1CCOCC1. The molecule has 1 amide bonds. The minimum atomic E-state index is -0.451. The van der Waals surface area contributed by atoms with Crippen molar-refractivity contribution in [3.05, 3.63) is 35.9 Å². The van der Waals surface area contributed by atoms with Gasteiger partial charge in [-0.15, -0.1) is 0 Å². The van der Waals surface area contributed by atoms with E-state index in [1.165, 1.54) is 0 Å². The molecule has 3 atom stereocenters. The lowest BCUT2D eigenvalue weighted by Gasteiger charge is -2.34. The van der Waals surface area contributed by atoms with Gasteiger partial charge in [0.05, 0.1) is 19.3 Å². The topological polar surface area (TPSA) is 58.8 Å². The van der Waals surface area contributed by atoms with Crippen molar-refractivity contribution in [2.45, 2.75) is 25.4 Å². The number of nitrogens with two attached hydrogens (primary N) is 1. The maximum absolute atomic E-state index is 12.7. The van der Waals surface area contributed by atoms with Gasteiger partial charge in [0.25, 0.3) is 0 Å². The fraction of sp³-hybridized carbons (Fsp3) is 0.611. The molecule has 5 nitrogen and oxygen atoms in total. The first-order valence-electron chi connectivity index (χ1n) is 8.55. The lowest BCUT2D eigenvalue weighted by atomic mass is 10.0. The molecule has 0 saturated carbocycles. The van der Waals surface area contributed by atoms with Gasteiger partial charge in [-0.3, -0.25) is 9.69 Å². The second kappa shape index (κ2) is 7.43. The number of rotatable bonds is 4. The van der Waals surface area contributed by atoms with Crippen molar-refractivity contribution in [2.24, 2.45) is 11.7 Å². The molecule has 0 aliphatic carbocycles. The number of hydrogen-bond donors (Lipinski definition) is 1. The monoisotopic (exact) mass is 317 g/mol. The Balaban J connectivity index is 1.57. The van der Waals surface area contributed by atoms with Crippen molar-refractivity contribution >= 4 is 5.91 Å². The van der Waals surface area contributed by atoms with Crippen molar-refractivity contribution in [1.82, 2.24) is 9.80 Å². The molecule has 0 spiro atoms. The third-order valence-electron chi connectivity index (χ3n) is 5.01. The third-order valence-corrected chi connectivity index (χ3v) is 5.01. The van der Waals surface area contributed by atoms with Crippen LogP contribution in [0.25, 0.3) is 0 Å². The van der Waals surface area contributed by atoms with Crippen LogP contribution in [0.3, 0.4) is 0 Å². The van der Waals surface area contributed by atoms with Gasteiger partial charge in [0.1, 0.15) is 0 Å². The first-order valence-corrected chi connectivity index (χ1v) is 8.55. The Labute approximate surface area is 138 Å². The van der Waals surface area contributed by atoms with E-state index >= 15 is 0 Å². The van der Waals surface area contributed by atoms with Gasteiger partial charge in [-0.1, -0.05) is 37.3 Å². The Bertz CT molecular complexity index is 516. The zero-order valence-corrected chi connectivity index (χ0v) is 13.9. The summed E-state index contributed by atoms with van der Waals surface area (Å²) in [4.78, 5) is 17.1. The first-order chi connectivity index (χ1) is 11.1. The van der Waals surface area contributed by atoms with Crippen LogP contribution in [0.15, 0.2) is 30.3 Å². The Kier molecular flexibility index (Phi) is 5.30. The Morgan fingerprint density at radius 2 is 1.96 bits per heavy atom. The van der Waals surface area contributed by atoms with Crippen LogP contribution in [-0.2, 0) is 16.0 Å². The highest BCUT2D eigenvalue weighted by Gasteiger charge is 2.37. The molecule has 126 valence electrons. The van der Waals surface area contributed by atoms with E-state index in [0.29, 0.717) is 18.4 Å². The average Bonchev–Trinajstić information content (AvgIpc) is 2.97. The zero-order chi connectivity index (χ0) is 16.2. The average molecular weight is 317 g/mol. The van der Waals surface area contributed by atoms with E-state index in [4.69, 9.17) is 10.5 Å². The fourth-order valence-corrected chi connectivity index (χ4v) is 3.70. The lowest BCUT2D eigenvalue weighted by molar-refractivity contribution is -0.131. The molecule has 0 radical (unpaired) electrons. The van der Waals surface area contributed by atoms with Crippen LogP contribution >= 0.6 is 0 Å². The maximum atomic E-state index is 12.7. The highest BCUT2D eigenvalue weighted by atomic mass is 16.5. The van der Waals surface area contributed by atoms with Crippen LogP contribution < -0.4 is 5.73 Å². The molecule has 2 N–H and O–H groups in total. The molecular weight excluding hydrogens is 290 g/mol. The van der Waals surface area contributed by atoms with E-state index in [9.17, 15) is 4.79 Å². The van der Waals surface area contributed by atoms with Gasteiger partial charge in [-0.2, -0.15) is 0 Å². The van der Waals surface area contributed by atoms with E-state index in [0.717, 1.165) is 45.0 Å². The minimum absolute atomic E-state index is 0.0801. The summed E-state index contributed by atoms with van der Waals surface area (Å²) >= 11 is 0. The molecule has 23 heavy (non-hydrogen) atoms. The van der Waals surface area contributed by atoms with Gasteiger partial charge in [0.15, 0.2) is 0 Å². The normalized spacial score (nSPS) is 27.1. The first kappa shape index (κ1) is 16.4. The number of likely N-dealkylation sites (tertiary alicyclic amines) is 1. The number of benzene rings is 1. The van der Waals surface area contributed by atoms with Crippen molar-refractivity contribution in [3.63, 3.8) is 0 Å². The second-order valence-corrected chi connectivity index (χ2v) is 6.73. The number of nitrogens with zero attached hydrogens (tertiary/aromatic N) is 2. The molecule has 2 heterocycles. The quantitative estimate of drug-likeness (QED) is 0.890. The number of amides is 1. The fourth-order valence-electron chi connectivity index (χ4n) is 3.70. The van der Waals surface area contributed by atoms with Crippen molar-refractivity contribution in [2.75, 3.05) is 39.4 Å². The van der Waals surface area contributed by atoms with Crippen LogP contribution in [0.5, 0.6) is 0 Å². The summed E-state index contributed by atoms with van der Waals surface area (Å²) in [6.07, 6.45) is 0.604. The molecule has 2 fully saturated rings. The van der Waals surface area contributed by atoms with Crippen LogP contribution in [0, 0.1) is 5.92 Å². The van der Waals surface area contributed by atoms with Gasteiger partial charge < -0.3 is 15.4 Å². The Hall–Kier alpha value is -1.43. The predicted molar refractivity (Wildman–Crippen MR) is 90.0 cm³/mol. The van der Waals surface area contributed by atoms with Gasteiger partial charge in [-0.25, -0.2) is 0 Å². The van der Waals surface area contributed by atoms with E-state index < -0.39 is 6.04 Å². The van der Waals surface area contributed by atoms with Crippen molar-refractivity contribution < 1.29 is 9.53 Å². The van der Waals surface area contributed by atoms with Crippen molar-refractivity contribution in [3.8, 4) is 0 Å². The van der Waals surface area contributed by atoms with E-state index in [1.54, 1.807) is 0 Å². The molecule has 1 aromatic rings. The van der Waals surface area contributed by atoms with Crippen LogP contribution in [0.1, 0.15) is 12.5 Å². The molecule has 0 aromatic heterocycles. The molecular formula is C18H27N3O2. The van der Waals surface area contributed by atoms with Gasteiger partial charge in [-0.05, 0) is 17.9 Å². The lowest BCUT2D eigenvalue weighted by Crippen LogP contribution is -2.48. The highest BCUT2D eigenvalue weighted by Crippen LogP contribution is 2.23. The van der Waals surface area contributed by atoms with Gasteiger partial charge in [0, 0.05) is 32.2 Å². The third kappa shape index (κ3) is 3.91. The van der Waals surface area contributed by atoms with E-state index in [2.05, 4.69) is 11.8 Å². The molecule has 0 bridgehead atoms. The summed E-state index contributed by atoms with van der Waals surface area (Å²) in [5, 5.41) is 0. The molecule has 3 unspecified atom stereocenters. The predicted octanol–water partition coefficient (Wildman–Crippen LogP) is 0.736. The second-order valence-electron chi connectivity index (χ2n) is 6.73. The zero-order valence-electron chi connectivity index (χ0n) is 13.9. The minimum Gasteiger partial charge on any atom is -0.379 e. The van der Waals surface area contributed by atoms with Crippen LogP contribution in [0.4, 0.5) is 0 Å². The standard InChI is InChI=1S/C18H27N3O2/c1-14-12-21(13-17(14)20-7-9-23-10-8-20)18(22)16(19)11-15-5-3-2-4-6-15/h2-6,14,16-17H,7-13,19H2,1H3. The number of carbonyl (C=O) groups is 1. The molecule has 2 saturated heterocycles. The molecule has 5 heteroatoms. The number of morpholine rings is 1. The smallest absolute Gasteiger partial charge is 0.239 e. The summed E-state index contributed by atoms with van der Waals surface area (Å²) in [6.45, 7) is 7.36. The summed E-state index contributed by atoms with van der Waals surface area (Å²) in [5.41, 5.74) is 7.29. The molecule has 2 aliphatic heterocycles. The van der Waals surface area contributed by atoms with E-state index in [-0.39, 0.29) is 5.91 Å². The number of hydrogen-bond acceptors (Lipinski definition) is 4. The number of carbonyl (C=O) groups excluding carboxylic acids is 1. The van der Waals surface area contributed by atoms with Crippen molar-refractivity contribution in [1.29, 1.82) is 0 Å². The molecule has 3 rings (SSSR count). The molecule has 1 aromatic carbocycles. The summed E-state index contributed by atoms with van der Waals surface area (Å²) in [5.74, 6) is 0.567. The van der Waals surface area contributed by atoms with Crippen LogP contribution in [-0.4, -0.2) is 67.2 Å². The Morgan fingerprint density at radius 1 is 1.26 bits per heavy atom. The summed E-state index contributed by atoms with van der Waals surface area (Å²) < 4.78 is 5.43. The Morgan fingerprint density at radius 3 is 2.65 bits per heavy atom. The van der Waals surface area contributed by atoms with Gasteiger partial charge in [0.2, 0.25) is 5.91 Å². The highest BCUT2D eigenvalue weighted by molar-refractivity contribution is 5.82. The number of ether oxygens (including phenoxy) is 1. The largest absolute Gasteiger partial charge is 0.379 e. The summed E-state index contributed by atoms with van der Waals surface area (Å²) in [7, 11) is 0. The maximum Gasteiger partial charge on any atom is 0.239 e. The molecule has 2 aliphatic rings. The van der Waals surface area contributed by atoms with E-state index in [1.807, 2.05) is 35.2 Å².